The van der Waals surface area contributed by atoms with Crippen LogP contribution in [0.3, 0.4) is 0 Å². The smallest absolute Gasteiger partial charge is 0.148 e. The molecule has 4 N–H and O–H groups in total. The fourth-order valence-corrected chi connectivity index (χ4v) is 2.97. The third-order valence-corrected chi connectivity index (χ3v) is 4.73. The van der Waals surface area contributed by atoms with Crippen LogP contribution >= 0.6 is 0 Å². The molecule has 5 nitrogen and oxygen atoms in total. The van der Waals surface area contributed by atoms with Crippen molar-refractivity contribution in [1.82, 2.24) is 9.78 Å². The van der Waals surface area contributed by atoms with E-state index in [0.29, 0.717) is 17.6 Å². The Labute approximate surface area is 127 Å². The average Bonchev–Trinajstić information content (AvgIpc) is 2.68. The van der Waals surface area contributed by atoms with E-state index in [2.05, 4.69) is 31.2 Å². The number of aromatic nitrogens is 2. The van der Waals surface area contributed by atoms with Gasteiger partial charge in [-0.05, 0) is 44.4 Å². The van der Waals surface area contributed by atoms with Gasteiger partial charge in [-0.25, -0.2) is 4.68 Å². The lowest BCUT2D eigenvalue weighted by molar-refractivity contribution is -0.0146. The predicted octanol–water partition coefficient (Wildman–Crippen LogP) is 2.93. The summed E-state index contributed by atoms with van der Waals surface area (Å²) in [6, 6.07) is 0. The Bertz CT molecular complexity index is 483. The molecule has 120 valence electrons. The molecule has 0 aromatic carbocycles. The lowest BCUT2D eigenvalue weighted by atomic mass is 9.71. The fourth-order valence-electron chi connectivity index (χ4n) is 2.97. The summed E-state index contributed by atoms with van der Waals surface area (Å²) in [6.45, 7) is 9.97. The van der Waals surface area contributed by atoms with Gasteiger partial charge in [0, 0.05) is 13.1 Å². The molecule has 1 fully saturated rings. The van der Waals surface area contributed by atoms with Gasteiger partial charge in [0.15, 0.2) is 0 Å². The first-order valence-corrected chi connectivity index (χ1v) is 8.05. The molecule has 1 saturated carbocycles. The van der Waals surface area contributed by atoms with E-state index < -0.39 is 5.60 Å². The van der Waals surface area contributed by atoms with Crippen molar-refractivity contribution in [1.29, 1.82) is 0 Å². The molecular formula is C16H30N4O. The van der Waals surface area contributed by atoms with Gasteiger partial charge >= 0.3 is 0 Å². The molecule has 0 saturated heterocycles. The van der Waals surface area contributed by atoms with Gasteiger partial charge in [0.05, 0.1) is 17.0 Å². The van der Waals surface area contributed by atoms with Crippen molar-refractivity contribution in [3.05, 3.63) is 5.69 Å². The summed E-state index contributed by atoms with van der Waals surface area (Å²) in [7, 11) is 0. The van der Waals surface area contributed by atoms with E-state index in [-0.39, 0.29) is 0 Å². The highest BCUT2D eigenvalue weighted by Crippen LogP contribution is 2.40. The number of nitrogens with zero attached hydrogens (tertiary/aromatic N) is 2. The van der Waals surface area contributed by atoms with Crippen LogP contribution in [0.5, 0.6) is 0 Å². The Kier molecular flexibility index (Phi) is 4.51. The van der Waals surface area contributed by atoms with Gasteiger partial charge < -0.3 is 16.2 Å². The fraction of sp³-hybridized carbons (Fsp3) is 0.812. The molecule has 1 heterocycles. The van der Waals surface area contributed by atoms with Crippen LogP contribution in [-0.2, 0) is 6.54 Å². The topological polar surface area (TPSA) is 76.1 Å². The lowest BCUT2D eigenvalue weighted by Crippen LogP contribution is -2.42. The molecule has 5 heteroatoms. The van der Waals surface area contributed by atoms with Crippen LogP contribution in [0.2, 0.25) is 0 Å². The number of anilines is 2. The largest absolute Gasteiger partial charge is 0.394 e. The van der Waals surface area contributed by atoms with Gasteiger partial charge in [-0.3, -0.25) is 0 Å². The number of hydrogen-bond acceptors (Lipinski definition) is 4. The van der Waals surface area contributed by atoms with E-state index in [1.54, 1.807) is 0 Å². The monoisotopic (exact) mass is 294 g/mol. The quantitative estimate of drug-likeness (QED) is 0.780. The molecule has 0 atom stereocenters. The van der Waals surface area contributed by atoms with Crippen molar-refractivity contribution in [3.8, 4) is 0 Å². The molecular weight excluding hydrogens is 264 g/mol. The summed E-state index contributed by atoms with van der Waals surface area (Å²) < 4.78 is 1.92. The van der Waals surface area contributed by atoms with Crippen LogP contribution in [-0.4, -0.2) is 27.0 Å². The number of rotatable bonds is 5. The van der Waals surface area contributed by atoms with Gasteiger partial charge in [0.2, 0.25) is 0 Å². The summed E-state index contributed by atoms with van der Waals surface area (Å²) >= 11 is 0. The van der Waals surface area contributed by atoms with Crippen LogP contribution in [0.4, 0.5) is 11.5 Å². The summed E-state index contributed by atoms with van der Waals surface area (Å²) in [6.07, 6.45) is 4.82. The van der Waals surface area contributed by atoms with Gasteiger partial charge in [0.25, 0.3) is 0 Å². The van der Waals surface area contributed by atoms with Crippen LogP contribution in [0.15, 0.2) is 0 Å². The van der Waals surface area contributed by atoms with Crippen LogP contribution in [0.25, 0.3) is 0 Å². The maximum atomic E-state index is 10.8. The van der Waals surface area contributed by atoms with Crippen LogP contribution < -0.4 is 11.1 Å². The molecule has 21 heavy (non-hydrogen) atoms. The minimum Gasteiger partial charge on any atom is -0.394 e. The maximum absolute atomic E-state index is 10.8. The van der Waals surface area contributed by atoms with Gasteiger partial charge in [-0.1, -0.05) is 20.8 Å². The summed E-state index contributed by atoms with van der Waals surface area (Å²) in [4.78, 5) is 0. The second-order valence-electron chi connectivity index (χ2n) is 7.31. The molecule has 0 radical (unpaired) electrons. The van der Waals surface area contributed by atoms with Gasteiger partial charge in [0.1, 0.15) is 5.82 Å². The van der Waals surface area contributed by atoms with Crippen molar-refractivity contribution >= 4 is 11.5 Å². The summed E-state index contributed by atoms with van der Waals surface area (Å²) in [5.41, 5.74) is 7.38. The second kappa shape index (κ2) is 5.87. The molecule has 1 aliphatic carbocycles. The number of nitrogen functional groups attached to an aromatic ring is 1. The van der Waals surface area contributed by atoms with Gasteiger partial charge in [-0.2, -0.15) is 5.10 Å². The van der Waals surface area contributed by atoms with Crippen LogP contribution in [0.1, 0.15) is 58.6 Å². The number of aliphatic hydroxyl groups is 1. The lowest BCUT2D eigenvalue weighted by Gasteiger charge is -2.40. The summed E-state index contributed by atoms with van der Waals surface area (Å²) in [5, 5.41) is 18.6. The van der Waals surface area contributed by atoms with E-state index in [9.17, 15) is 5.11 Å². The first-order valence-electron chi connectivity index (χ1n) is 8.05. The first-order chi connectivity index (χ1) is 9.76. The zero-order valence-corrected chi connectivity index (χ0v) is 13.9. The van der Waals surface area contributed by atoms with Crippen molar-refractivity contribution in [2.24, 2.45) is 5.41 Å². The maximum Gasteiger partial charge on any atom is 0.148 e. The minimum absolute atomic E-state index is 0.353. The van der Waals surface area contributed by atoms with Crippen LogP contribution in [0, 0.1) is 12.3 Å². The highest BCUT2D eigenvalue weighted by Gasteiger charge is 2.36. The van der Waals surface area contributed by atoms with E-state index in [0.717, 1.165) is 50.2 Å². The van der Waals surface area contributed by atoms with Crippen molar-refractivity contribution in [2.45, 2.75) is 71.9 Å². The Hall–Kier alpha value is -1.23. The number of nitrogens with two attached hydrogens (primary N) is 1. The molecule has 1 aliphatic rings. The standard InChI is InChI=1S/C16H30N4O/c1-5-10-20-14(13(17)12(2)19-20)18-11-16(21)8-6-15(3,4)7-9-16/h18,21H,5-11,17H2,1-4H3. The normalized spacial score (nSPS) is 20.4. The van der Waals surface area contributed by atoms with Crippen molar-refractivity contribution < 1.29 is 5.11 Å². The predicted molar refractivity (Wildman–Crippen MR) is 87.4 cm³/mol. The molecule has 1 aromatic rings. The zero-order valence-electron chi connectivity index (χ0n) is 13.9. The van der Waals surface area contributed by atoms with Gasteiger partial charge in [-0.15, -0.1) is 0 Å². The molecule has 2 rings (SSSR count). The first kappa shape index (κ1) is 16.1. The van der Waals surface area contributed by atoms with E-state index in [1.807, 2.05) is 11.6 Å². The Morgan fingerprint density at radius 2 is 1.90 bits per heavy atom. The van der Waals surface area contributed by atoms with Crippen molar-refractivity contribution in [2.75, 3.05) is 17.6 Å². The number of hydrogen-bond donors (Lipinski definition) is 3. The average molecular weight is 294 g/mol. The van der Waals surface area contributed by atoms with E-state index in [4.69, 9.17) is 5.73 Å². The highest BCUT2D eigenvalue weighted by atomic mass is 16.3. The van der Waals surface area contributed by atoms with E-state index >= 15 is 0 Å². The number of aryl methyl sites for hydroxylation is 2. The zero-order chi connectivity index (χ0) is 15.7. The Morgan fingerprint density at radius 3 is 2.48 bits per heavy atom. The second-order valence-corrected chi connectivity index (χ2v) is 7.31. The molecule has 0 aliphatic heterocycles. The SMILES string of the molecule is CCCn1nc(C)c(N)c1NCC1(O)CCC(C)(C)CC1. The van der Waals surface area contributed by atoms with E-state index in [1.165, 1.54) is 0 Å². The van der Waals surface area contributed by atoms with Crippen molar-refractivity contribution in [3.63, 3.8) is 0 Å². The molecule has 0 amide bonds. The minimum atomic E-state index is -0.628. The highest BCUT2D eigenvalue weighted by molar-refractivity contribution is 5.64. The molecule has 0 spiro atoms. The third-order valence-electron chi connectivity index (χ3n) is 4.73. The molecule has 0 bridgehead atoms. The summed E-state index contributed by atoms with van der Waals surface area (Å²) in [5.74, 6) is 0.854. The Balaban J connectivity index is 2.03. The number of nitrogens with one attached hydrogen (secondary N) is 1. The third kappa shape index (κ3) is 3.70. The Morgan fingerprint density at radius 1 is 1.29 bits per heavy atom. The molecule has 1 aromatic heterocycles. The molecule has 0 unspecified atom stereocenters.